The number of nitrogens with zero attached hydrogens (tertiary/aromatic N) is 3. The Bertz CT molecular complexity index is 693. The van der Waals surface area contributed by atoms with E-state index in [1.165, 1.54) is 7.11 Å². The number of para-hydroxylation sites is 1. The van der Waals surface area contributed by atoms with Crippen molar-refractivity contribution in [3.8, 4) is 5.75 Å². The second-order valence-corrected chi connectivity index (χ2v) is 8.05. The fourth-order valence-electron chi connectivity index (χ4n) is 3.98. The lowest BCUT2D eigenvalue weighted by molar-refractivity contribution is -0.136. The van der Waals surface area contributed by atoms with Gasteiger partial charge in [-0.05, 0) is 26.0 Å². The summed E-state index contributed by atoms with van der Waals surface area (Å²) in [6.45, 7) is 9.09. The molecule has 2 aliphatic rings. The average molecular weight is 404 g/mol. The molecule has 0 spiro atoms. The maximum Gasteiger partial charge on any atom is 0.257 e. The van der Waals surface area contributed by atoms with Gasteiger partial charge in [-0.2, -0.15) is 0 Å². The predicted molar refractivity (Wildman–Crippen MR) is 111 cm³/mol. The number of amides is 2. The van der Waals surface area contributed by atoms with Crippen molar-refractivity contribution in [3.05, 3.63) is 29.8 Å². The maximum absolute atomic E-state index is 13.1. The van der Waals surface area contributed by atoms with Crippen molar-refractivity contribution < 1.29 is 19.1 Å². The van der Waals surface area contributed by atoms with Crippen LogP contribution in [0.4, 0.5) is 0 Å². The molecule has 0 N–H and O–H groups in total. The zero-order valence-corrected chi connectivity index (χ0v) is 17.8. The van der Waals surface area contributed by atoms with Gasteiger partial charge in [-0.1, -0.05) is 12.1 Å². The van der Waals surface area contributed by atoms with E-state index in [2.05, 4.69) is 18.7 Å². The average Bonchev–Trinajstić information content (AvgIpc) is 2.74. The molecular formula is C22H33N3O4. The van der Waals surface area contributed by atoms with Crippen molar-refractivity contribution in [1.82, 2.24) is 14.7 Å². The van der Waals surface area contributed by atoms with Gasteiger partial charge in [-0.3, -0.25) is 14.5 Å². The van der Waals surface area contributed by atoms with Gasteiger partial charge >= 0.3 is 0 Å². The molecule has 1 aromatic carbocycles. The molecule has 0 bridgehead atoms. The van der Waals surface area contributed by atoms with Crippen LogP contribution in [0.15, 0.2) is 24.3 Å². The van der Waals surface area contributed by atoms with Crippen molar-refractivity contribution in [2.45, 2.75) is 38.8 Å². The van der Waals surface area contributed by atoms with E-state index in [4.69, 9.17) is 9.47 Å². The Hall–Kier alpha value is -2.12. The first-order chi connectivity index (χ1) is 14.0. The lowest BCUT2D eigenvalue weighted by Crippen LogP contribution is -2.50. The monoisotopic (exact) mass is 403 g/mol. The summed E-state index contributed by atoms with van der Waals surface area (Å²) < 4.78 is 11.1. The maximum atomic E-state index is 13.1. The zero-order chi connectivity index (χ0) is 20.8. The first kappa shape index (κ1) is 21.6. The summed E-state index contributed by atoms with van der Waals surface area (Å²) in [6.07, 6.45) is 1.52. The minimum atomic E-state index is 0.00772. The van der Waals surface area contributed by atoms with Gasteiger partial charge in [0.25, 0.3) is 5.91 Å². The molecule has 2 saturated heterocycles. The van der Waals surface area contributed by atoms with Crippen LogP contribution >= 0.6 is 0 Å². The van der Waals surface area contributed by atoms with Gasteiger partial charge < -0.3 is 19.3 Å². The molecule has 0 radical (unpaired) electrons. The number of hydrogen-bond acceptors (Lipinski definition) is 5. The molecular weight excluding hydrogens is 370 g/mol. The Morgan fingerprint density at radius 1 is 1.00 bits per heavy atom. The molecule has 0 unspecified atom stereocenters. The number of likely N-dealkylation sites (tertiary alicyclic amines) is 1. The van der Waals surface area contributed by atoms with Crippen LogP contribution in [0.5, 0.6) is 5.75 Å². The summed E-state index contributed by atoms with van der Waals surface area (Å²) in [5, 5.41) is 0. The molecule has 2 amide bonds. The van der Waals surface area contributed by atoms with E-state index in [9.17, 15) is 9.59 Å². The SMILES string of the molecule is COCC(=O)N1CCC(Oc2ccccc2C(=O)N2CCN(C(C)C)CC2)CC1. The number of benzene rings is 1. The third-order valence-electron chi connectivity index (χ3n) is 5.81. The molecule has 0 aliphatic carbocycles. The van der Waals surface area contributed by atoms with Crippen molar-refractivity contribution >= 4 is 11.8 Å². The number of hydrogen-bond donors (Lipinski definition) is 0. The topological polar surface area (TPSA) is 62.3 Å². The summed E-state index contributed by atoms with van der Waals surface area (Å²) in [6, 6.07) is 8.02. The van der Waals surface area contributed by atoms with E-state index in [1.807, 2.05) is 34.1 Å². The first-order valence-electron chi connectivity index (χ1n) is 10.5. The summed E-state index contributed by atoms with van der Waals surface area (Å²) in [4.78, 5) is 31.2. The second-order valence-electron chi connectivity index (χ2n) is 8.05. The first-order valence-corrected chi connectivity index (χ1v) is 10.5. The van der Waals surface area contributed by atoms with E-state index >= 15 is 0 Å². The Morgan fingerprint density at radius 3 is 2.28 bits per heavy atom. The molecule has 2 heterocycles. The van der Waals surface area contributed by atoms with E-state index in [-0.39, 0.29) is 24.5 Å². The van der Waals surface area contributed by atoms with E-state index < -0.39 is 0 Å². The van der Waals surface area contributed by atoms with Gasteiger partial charge in [0.15, 0.2) is 0 Å². The van der Waals surface area contributed by atoms with Crippen LogP contribution in [-0.2, 0) is 9.53 Å². The molecule has 1 aromatic rings. The molecule has 2 fully saturated rings. The van der Waals surface area contributed by atoms with Crippen LogP contribution < -0.4 is 4.74 Å². The van der Waals surface area contributed by atoms with Crippen LogP contribution in [0.3, 0.4) is 0 Å². The Balaban J connectivity index is 1.58. The van der Waals surface area contributed by atoms with E-state index in [0.717, 1.165) is 39.0 Å². The molecule has 3 rings (SSSR count). The number of methoxy groups -OCH3 is 1. The zero-order valence-electron chi connectivity index (χ0n) is 17.8. The molecule has 0 aromatic heterocycles. The Labute approximate surface area is 173 Å². The molecule has 29 heavy (non-hydrogen) atoms. The molecule has 7 nitrogen and oxygen atoms in total. The number of piperidine rings is 1. The van der Waals surface area contributed by atoms with Crippen LogP contribution in [0.25, 0.3) is 0 Å². The van der Waals surface area contributed by atoms with Gasteiger partial charge in [0.1, 0.15) is 18.5 Å². The predicted octanol–water partition coefficient (Wildman–Crippen LogP) is 1.87. The minimum Gasteiger partial charge on any atom is -0.489 e. The molecule has 7 heteroatoms. The highest BCUT2D eigenvalue weighted by molar-refractivity contribution is 5.97. The second kappa shape index (κ2) is 10.1. The summed E-state index contributed by atoms with van der Waals surface area (Å²) in [7, 11) is 1.53. The van der Waals surface area contributed by atoms with Crippen LogP contribution in [0.1, 0.15) is 37.0 Å². The van der Waals surface area contributed by atoms with Gasteiger partial charge in [0, 0.05) is 65.3 Å². The van der Waals surface area contributed by atoms with Crippen LogP contribution in [-0.4, -0.2) is 91.6 Å². The number of ether oxygens (including phenoxy) is 2. The van der Waals surface area contributed by atoms with Crippen molar-refractivity contribution in [1.29, 1.82) is 0 Å². The number of carbonyl (C=O) groups is 2. The molecule has 0 atom stereocenters. The minimum absolute atomic E-state index is 0.00772. The summed E-state index contributed by atoms with van der Waals surface area (Å²) >= 11 is 0. The van der Waals surface area contributed by atoms with E-state index in [1.54, 1.807) is 0 Å². The summed E-state index contributed by atoms with van der Waals surface area (Å²) in [5.41, 5.74) is 0.628. The fourth-order valence-corrected chi connectivity index (χ4v) is 3.98. The largest absolute Gasteiger partial charge is 0.489 e. The van der Waals surface area contributed by atoms with Crippen molar-refractivity contribution in [3.63, 3.8) is 0 Å². The van der Waals surface area contributed by atoms with Gasteiger partial charge in [-0.15, -0.1) is 0 Å². The normalized spacial score (nSPS) is 18.9. The lowest BCUT2D eigenvalue weighted by Gasteiger charge is -2.37. The Morgan fingerprint density at radius 2 is 1.66 bits per heavy atom. The number of piperazine rings is 1. The van der Waals surface area contributed by atoms with Gasteiger partial charge in [0.05, 0.1) is 5.56 Å². The fraction of sp³-hybridized carbons (Fsp3) is 0.636. The number of carbonyl (C=O) groups excluding carboxylic acids is 2. The van der Waals surface area contributed by atoms with E-state index in [0.29, 0.717) is 30.4 Å². The summed E-state index contributed by atoms with van der Waals surface area (Å²) in [5.74, 6) is 0.698. The molecule has 0 saturated carbocycles. The quantitative estimate of drug-likeness (QED) is 0.726. The number of rotatable bonds is 6. The van der Waals surface area contributed by atoms with Gasteiger partial charge in [-0.25, -0.2) is 0 Å². The highest BCUT2D eigenvalue weighted by Gasteiger charge is 2.28. The molecule has 2 aliphatic heterocycles. The standard InChI is InChI=1S/C22H33N3O4/c1-17(2)23-12-14-25(15-13-23)22(27)19-6-4-5-7-20(19)29-18-8-10-24(11-9-18)21(26)16-28-3/h4-7,17-18H,8-16H2,1-3H3. The lowest BCUT2D eigenvalue weighted by atomic mass is 10.1. The van der Waals surface area contributed by atoms with Crippen molar-refractivity contribution in [2.24, 2.45) is 0 Å². The third kappa shape index (κ3) is 5.48. The van der Waals surface area contributed by atoms with Crippen LogP contribution in [0.2, 0.25) is 0 Å². The highest BCUT2D eigenvalue weighted by Crippen LogP contribution is 2.25. The van der Waals surface area contributed by atoms with Gasteiger partial charge in [0.2, 0.25) is 5.91 Å². The highest BCUT2D eigenvalue weighted by atomic mass is 16.5. The third-order valence-corrected chi connectivity index (χ3v) is 5.81. The van der Waals surface area contributed by atoms with Crippen molar-refractivity contribution in [2.75, 3.05) is 53.0 Å². The Kier molecular flexibility index (Phi) is 7.50. The molecule has 160 valence electrons. The smallest absolute Gasteiger partial charge is 0.257 e. The van der Waals surface area contributed by atoms with Crippen LogP contribution in [0, 0.1) is 0 Å².